The maximum Gasteiger partial charge on any atom is 0.138 e. The van der Waals surface area contributed by atoms with E-state index in [0.717, 1.165) is 39.1 Å². The van der Waals surface area contributed by atoms with Gasteiger partial charge < -0.3 is 0 Å². The second-order valence-corrected chi connectivity index (χ2v) is 4.89. The Labute approximate surface area is 117 Å². The molecule has 3 nitrogen and oxygen atoms in total. The smallest absolute Gasteiger partial charge is 0.138 e. The van der Waals surface area contributed by atoms with Gasteiger partial charge in [-0.2, -0.15) is 10.5 Å². The Morgan fingerprint density at radius 2 is 1.65 bits per heavy atom. The molecular formula is C17H11N3. The number of pyridine rings is 1. The number of benzene rings is 1. The minimum absolute atomic E-state index is 0.154. The summed E-state index contributed by atoms with van der Waals surface area (Å²) in [7, 11) is 0. The number of fused-ring (bicyclic) bond motifs is 3. The van der Waals surface area contributed by atoms with Crippen LogP contribution >= 0.6 is 0 Å². The van der Waals surface area contributed by atoms with E-state index in [0.29, 0.717) is 0 Å². The summed E-state index contributed by atoms with van der Waals surface area (Å²) in [6, 6.07) is 12.0. The lowest BCUT2D eigenvalue weighted by atomic mass is 9.98. The van der Waals surface area contributed by atoms with Crippen molar-refractivity contribution in [1.82, 2.24) is 4.98 Å². The number of nitriles is 2. The Hall–Kier alpha value is -2.91. The van der Waals surface area contributed by atoms with Crippen molar-refractivity contribution in [2.75, 3.05) is 0 Å². The van der Waals surface area contributed by atoms with E-state index >= 15 is 0 Å². The SMILES string of the molecule is Cc1ccc2c(c1)C(=C(C#N)C#N)c1cc(C)ncc1-2. The molecule has 0 N–H and O–H groups in total. The lowest BCUT2D eigenvalue weighted by Gasteiger charge is -2.03. The third-order valence-electron chi connectivity index (χ3n) is 3.52. The van der Waals surface area contributed by atoms with E-state index in [4.69, 9.17) is 0 Å². The molecule has 1 aromatic heterocycles. The number of aryl methyl sites for hydroxylation is 2. The predicted molar refractivity (Wildman–Crippen MR) is 76.4 cm³/mol. The predicted octanol–water partition coefficient (Wildman–Crippen LogP) is 3.53. The van der Waals surface area contributed by atoms with Crippen LogP contribution in [0.3, 0.4) is 0 Å². The van der Waals surface area contributed by atoms with Crippen LogP contribution in [0.25, 0.3) is 16.7 Å². The fourth-order valence-corrected chi connectivity index (χ4v) is 2.63. The van der Waals surface area contributed by atoms with Crippen molar-refractivity contribution in [3.63, 3.8) is 0 Å². The molecule has 1 aliphatic carbocycles. The first-order chi connectivity index (χ1) is 9.65. The van der Waals surface area contributed by atoms with Gasteiger partial charge in [-0.25, -0.2) is 0 Å². The van der Waals surface area contributed by atoms with E-state index in [1.807, 2.05) is 56.4 Å². The van der Waals surface area contributed by atoms with Crippen LogP contribution in [0.15, 0.2) is 36.0 Å². The van der Waals surface area contributed by atoms with Gasteiger partial charge in [0.05, 0.1) is 0 Å². The third-order valence-corrected chi connectivity index (χ3v) is 3.52. The zero-order valence-corrected chi connectivity index (χ0v) is 11.2. The summed E-state index contributed by atoms with van der Waals surface area (Å²) >= 11 is 0. The van der Waals surface area contributed by atoms with Crippen LogP contribution in [-0.4, -0.2) is 4.98 Å². The average molecular weight is 257 g/mol. The van der Waals surface area contributed by atoms with Crippen LogP contribution in [0.1, 0.15) is 22.4 Å². The molecule has 0 bridgehead atoms. The van der Waals surface area contributed by atoms with Gasteiger partial charge in [-0.3, -0.25) is 4.98 Å². The summed E-state index contributed by atoms with van der Waals surface area (Å²) in [6.07, 6.45) is 1.82. The van der Waals surface area contributed by atoms with Gasteiger partial charge in [0.25, 0.3) is 0 Å². The van der Waals surface area contributed by atoms with Crippen molar-refractivity contribution in [1.29, 1.82) is 10.5 Å². The van der Waals surface area contributed by atoms with E-state index in [-0.39, 0.29) is 5.57 Å². The van der Waals surface area contributed by atoms with Gasteiger partial charge in [0.2, 0.25) is 0 Å². The van der Waals surface area contributed by atoms with Crippen LogP contribution in [0.4, 0.5) is 0 Å². The highest BCUT2D eigenvalue weighted by Crippen LogP contribution is 2.45. The number of nitrogens with zero attached hydrogens (tertiary/aromatic N) is 3. The lowest BCUT2D eigenvalue weighted by Crippen LogP contribution is -1.89. The van der Waals surface area contributed by atoms with Gasteiger partial charge >= 0.3 is 0 Å². The van der Waals surface area contributed by atoms with Crippen molar-refractivity contribution in [2.24, 2.45) is 0 Å². The van der Waals surface area contributed by atoms with Gasteiger partial charge in [-0.1, -0.05) is 23.8 Å². The largest absolute Gasteiger partial charge is 0.261 e. The van der Waals surface area contributed by atoms with Crippen molar-refractivity contribution in [3.8, 4) is 23.3 Å². The van der Waals surface area contributed by atoms with Gasteiger partial charge in [0, 0.05) is 23.0 Å². The molecule has 1 aromatic carbocycles. The van der Waals surface area contributed by atoms with E-state index in [1.165, 1.54) is 0 Å². The first kappa shape index (κ1) is 12.1. The summed E-state index contributed by atoms with van der Waals surface area (Å²) in [6.45, 7) is 3.91. The molecule has 0 saturated carbocycles. The van der Waals surface area contributed by atoms with E-state index in [2.05, 4.69) is 4.98 Å². The molecule has 94 valence electrons. The third kappa shape index (κ3) is 1.61. The number of hydrogen-bond donors (Lipinski definition) is 0. The molecule has 0 fully saturated rings. The highest BCUT2D eigenvalue weighted by atomic mass is 14.7. The summed E-state index contributed by atoms with van der Waals surface area (Å²) in [5, 5.41) is 18.5. The molecule has 0 spiro atoms. The van der Waals surface area contributed by atoms with Crippen molar-refractivity contribution >= 4 is 5.57 Å². The van der Waals surface area contributed by atoms with Gasteiger partial charge in [-0.05, 0) is 36.6 Å². The Morgan fingerprint density at radius 3 is 2.35 bits per heavy atom. The standard InChI is InChI=1S/C17H11N3/c1-10-3-4-13-14(5-10)17(12(7-18)8-19)15-6-11(2)20-9-16(13)15/h3-6,9H,1-2H3. The number of hydrogen-bond acceptors (Lipinski definition) is 3. The van der Waals surface area contributed by atoms with E-state index < -0.39 is 0 Å². The topological polar surface area (TPSA) is 60.5 Å². The minimum atomic E-state index is 0.154. The van der Waals surface area contributed by atoms with Crippen molar-refractivity contribution < 1.29 is 0 Å². The fraction of sp³-hybridized carbons (Fsp3) is 0.118. The minimum Gasteiger partial charge on any atom is -0.261 e. The molecule has 0 aliphatic heterocycles. The molecule has 0 unspecified atom stereocenters. The molecule has 3 heteroatoms. The average Bonchev–Trinajstić information content (AvgIpc) is 2.74. The maximum atomic E-state index is 9.23. The highest BCUT2D eigenvalue weighted by molar-refractivity contribution is 6.03. The van der Waals surface area contributed by atoms with Crippen LogP contribution in [0.5, 0.6) is 0 Å². The number of rotatable bonds is 0. The fourth-order valence-electron chi connectivity index (χ4n) is 2.63. The van der Waals surface area contributed by atoms with Crippen LogP contribution < -0.4 is 0 Å². The molecule has 2 aromatic rings. The van der Waals surface area contributed by atoms with Crippen molar-refractivity contribution in [3.05, 3.63) is 58.4 Å². The molecule has 1 aliphatic rings. The molecule has 0 saturated heterocycles. The summed E-state index contributed by atoms with van der Waals surface area (Å²) < 4.78 is 0. The quantitative estimate of drug-likeness (QED) is 0.579. The number of aromatic nitrogens is 1. The summed E-state index contributed by atoms with van der Waals surface area (Å²) in [4.78, 5) is 4.33. The molecule has 0 amide bonds. The van der Waals surface area contributed by atoms with Crippen LogP contribution in [-0.2, 0) is 0 Å². The molecule has 1 heterocycles. The van der Waals surface area contributed by atoms with Gasteiger partial charge in [-0.15, -0.1) is 0 Å². The second kappa shape index (κ2) is 4.33. The van der Waals surface area contributed by atoms with Gasteiger partial charge in [0.15, 0.2) is 0 Å². The van der Waals surface area contributed by atoms with E-state index in [1.54, 1.807) is 0 Å². The Kier molecular flexibility index (Phi) is 2.63. The Balaban J connectivity index is 2.47. The van der Waals surface area contributed by atoms with Crippen LogP contribution in [0, 0.1) is 36.5 Å². The zero-order chi connectivity index (χ0) is 14.3. The first-order valence-corrected chi connectivity index (χ1v) is 6.28. The van der Waals surface area contributed by atoms with E-state index in [9.17, 15) is 10.5 Å². The highest BCUT2D eigenvalue weighted by Gasteiger charge is 2.27. The monoisotopic (exact) mass is 257 g/mol. The van der Waals surface area contributed by atoms with Gasteiger partial charge in [0.1, 0.15) is 17.7 Å². The second-order valence-electron chi connectivity index (χ2n) is 4.89. The maximum absolute atomic E-state index is 9.23. The van der Waals surface area contributed by atoms with Crippen molar-refractivity contribution in [2.45, 2.75) is 13.8 Å². The lowest BCUT2D eigenvalue weighted by molar-refractivity contribution is 1.20. The molecule has 20 heavy (non-hydrogen) atoms. The summed E-state index contributed by atoms with van der Waals surface area (Å²) in [5.74, 6) is 0. The molecule has 0 radical (unpaired) electrons. The normalized spacial score (nSPS) is 11.3. The molecule has 3 rings (SSSR count). The summed E-state index contributed by atoms with van der Waals surface area (Å²) in [5.41, 5.74) is 6.77. The molecule has 0 atom stereocenters. The Morgan fingerprint density at radius 1 is 0.950 bits per heavy atom. The molecular weight excluding hydrogens is 246 g/mol. The zero-order valence-electron chi connectivity index (χ0n) is 11.2. The number of allylic oxidation sites excluding steroid dienone is 1. The van der Waals surface area contributed by atoms with Crippen LogP contribution in [0.2, 0.25) is 0 Å². The Bertz CT molecular complexity index is 776. The first-order valence-electron chi connectivity index (χ1n) is 6.28.